The molecular formula is C22H29F3N2O2. The second-order valence-electron chi connectivity index (χ2n) is 9.00. The monoisotopic (exact) mass is 410 g/mol. The van der Waals surface area contributed by atoms with Crippen LogP contribution in [0.3, 0.4) is 0 Å². The van der Waals surface area contributed by atoms with Crippen LogP contribution in [0, 0.1) is 11.8 Å². The lowest BCUT2D eigenvalue weighted by Gasteiger charge is -2.48. The molecule has 3 aliphatic rings. The third-order valence-corrected chi connectivity index (χ3v) is 6.80. The highest BCUT2D eigenvalue weighted by atomic mass is 19.4. The van der Waals surface area contributed by atoms with E-state index in [1.165, 1.54) is 0 Å². The van der Waals surface area contributed by atoms with Crippen molar-refractivity contribution in [1.29, 1.82) is 0 Å². The molecule has 0 bridgehead atoms. The van der Waals surface area contributed by atoms with Crippen molar-refractivity contribution in [3.8, 4) is 0 Å². The molecule has 1 spiro atoms. The lowest BCUT2D eigenvalue weighted by Crippen LogP contribution is -2.60. The summed E-state index contributed by atoms with van der Waals surface area (Å²) in [7, 11) is 0. The summed E-state index contributed by atoms with van der Waals surface area (Å²) in [4.78, 5) is 17.1. The number of piperidine rings is 1. The second-order valence-corrected chi connectivity index (χ2v) is 9.00. The van der Waals surface area contributed by atoms with Gasteiger partial charge >= 0.3 is 6.18 Å². The lowest BCUT2D eigenvalue weighted by atomic mass is 9.82. The quantitative estimate of drug-likeness (QED) is 0.745. The molecule has 0 radical (unpaired) electrons. The molecule has 29 heavy (non-hydrogen) atoms. The Balaban J connectivity index is 1.50. The molecule has 3 aliphatic heterocycles. The van der Waals surface area contributed by atoms with Gasteiger partial charge in [-0.05, 0) is 49.4 Å². The van der Waals surface area contributed by atoms with Gasteiger partial charge in [-0.2, -0.15) is 13.2 Å². The average Bonchev–Trinajstić information content (AvgIpc) is 2.96. The normalized spacial score (nSPS) is 31.0. The fourth-order valence-electron chi connectivity index (χ4n) is 5.29. The fourth-order valence-corrected chi connectivity index (χ4v) is 5.29. The SMILES string of the molecule is CC(C)[C@H]1COC23CCCN(Cc4ccc(C(F)(F)F)cc4)C[C@H]2CCC(=O)N13. The van der Waals surface area contributed by atoms with Crippen LogP contribution in [0.15, 0.2) is 24.3 Å². The van der Waals surface area contributed by atoms with E-state index in [1.54, 1.807) is 12.1 Å². The van der Waals surface area contributed by atoms with E-state index in [1.807, 2.05) is 4.90 Å². The standard InChI is InChI=1S/C22H29F3N2O2/c1-15(2)19-14-29-21-10-3-11-26(13-18(21)8-9-20(28)27(19)21)12-16-4-6-17(7-5-16)22(23,24)25/h4-7,15,18-19H,3,8-14H2,1-2H3/t18-,19-,21?/m1/s1. The summed E-state index contributed by atoms with van der Waals surface area (Å²) >= 11 is 0. The van der Waals surface area contributed by atoms with E-state index in [0.717, 1.165) is 50.0 Å². The minimum atomic E-state index is -4.31. The van der Waals surface area contributed by atoms with Gasteiger partial charge < -0.3 is 9.64 Å². The first-order chi connectivity index (χ1) is 13.7. The van der Waals surface area contributed by atoms with Gasteiger partial charge in [-0.1, -0.05) is 26.0 Å². The largest absolute Gasteiger partial charge is 0.416 e. The third-order valence-electron chi connectivity index (χ3n) is 6.80. The van der Waals surface area contributed by atoms with Gasteiger partial charge in [-0.3, -0.25) is 9.69 Å². The van der Waals surface area contributed by atoms with E-state index >= 15 is 0 Å². The minimum absolute atomic E-state index is 0.131. The fraction of sp³-hybridized carbons (Fsp3) is 0.682. The van der Waals surface area contributed by atoms with Crippen LogP contribution in [0.5, 0.6) is 0 Å². The number of rotatable bonds is 3. The first kappa shape index (κ1) is 20.7. The summed E-state index contributed by atoms with van der Waals surface area (Å²) in [5.74, 6) is 0.790. The molecule has 3 heterocycles. The molecule has 1 amide bonds. The summed E-state index contributed by atoms with van der Waals surface area (Å²) in [5, 5.41) is 0. The molecule has 1 aromatic carbocycles. The number of likely N-dealkylation sites (tertiary alicyclic amines) is 1. The predicted molar refractivity (Wildman–Crippen MR) is 103 cm³/mol. The number of carbonyl (C=O) groups is 1. The minimum Gasteiger partial charge on any atom is -0.353 e. The molecule has 3 fully saturated rings. The number of nitrogens with zero attached hydrogens (tertiary/aromatic N) is 2. The lowest BCUT2D eigenvalue weighted by molar-refractivity contribution is -0.178. The molecule has 0 saturated carbocycles. The summed E-state index contributed by atoms with van der Waals surface area (Å²) in [6, 6.07) is 5.58. The number of amides is 1. The van der Waals surface area contributed by atoms with Gasteiger partial charge in [-0.25, -0.2) is 0 Å². The Labute approximate surface area is 170 Å². The van der Waals surface area contributed by atoms with Crippen molar-refractivity contribution >= 4 is 5.91 Å². The summed E-state index contributed by atoms with van der Waals surface area (Å²) in [5.41, 5.74) is -0.235. The molecule has 4 nitrogen and oxygen atoms in total. The zero-order valence-electron chi connectivity index (χ0n) is 17.0. The van der Waals surface area contributed by atoms with E-state index < -0.39 is 17.5 Å². The van der Waals surface area contributed by atoms with Gasteiger partial charge in [0.1, 0.15) is 5.72 Å². The number of alkyl halides is 3. The Bertz CT molecular complexity index is 749. The van der Waals surface area contributed by atoms with Crippen LogP contribution < -0.4 is 0 Å². The van der Waals surface area contributed by atoms with Crippen LogP contribution in [-0.4, -0.2) is 47.2 Å². The van der Waals surface area contributed by atoms with Crippen LogP contribution in [-0.2, 0) is 22.3 Å². The Morgan fingerprint density at radius 3 is 2.62 bits per heavy atom. The molecule has 1 unspecified atom stereocenters. The Hall–Kier alpha value is -1.60. The van der Waals surface area contributed by atoms with Crippen molar-refractivity contribution in [3.05, 3.63) is 35.4 Å². The highest BCUT2D eigenvalue weighted by Gasteiger charge is 2.57. The van der Waals surface area contributed by atoms with Gasteiger partial charge in [0.05, 0.1) is 18.2 Å². The van der Waals surface area contributed by atoms with Crippen LogP contribution >= 0.6 is 0 Å². The zero-order chi connectivity index (χ0) is 20.8. The molecular weight excluding hydrogens is 381 g/mol. The number of hydrogen-bond acceptors (Lipinski definition) is 3. The first-order valence-electron chi connectivity index (χ1n) is 10.6. The van der Waals surface area contributed by atoms with Crippen LogP contribution in [0.25, 0.3) is 0 Å². The van der Waals surface area contributed by atoms with Crippen molar-refractivity contribution in [3.63, 3.8) is 0 Å². The molecule has 0 aliphatic carbocycles. The van der Waals surface area contributed by atoms with Crippen LogP contribution in [0.1, 0.15) is 50.7 Å². The maximum atomic E-state index is 12.8. The van der Waals surface area contributed by atoms with E-state index in [-0.39, 0.29) is 17.9 Å². The molecule has 160 valence electrons. The van der Waals surface area contributed by atoms with Crippen LogP contribution in [0.4, 0.5) is 13.2 Å². The average molecular weight is 410 g/mol. The van der Waals surface area contributed by atoms with Crippen molar-refractivity contribution in [1.82, 2.24) is 9.80 Å². The highest BCUT2D eigenvalue weighted by molar-refractivity contribution is 5.78. The topological polar surface area (TPSA) is 32.8 Å². The number of ether oxygens (including phenoxy) is 1. The highest BCUT2D eigenvalue weighted by Crippen LogP contribution is 2.47. The van der Waals surface area contributed by atoms with Gasteiger partial charge in [0.2, 0.25) is 5.91 Å². The number of hydrogen-bond donors (Lipinski definition) is 0. The smallest absolute Gasteiger partial charge is 0.353 e. The number of carbonyl (C=O) groups excluding carboxylic acids is 1. The molecule has 1 aromatic rings. The summed E-state index contributed by atoms with van der Waals surface area (Å²) in [6.45, 7) is 7.15. The van der Waals surface area contributed by atoms with Gasteiger partial charge in [0.15, 0.2) is 0 Å². The molecule has 3 saturated heterocycles. The molecule has 0 aromatic heterocycles. The second kappa shape index (κ2) is 7.58. The molecule has 7 heteroatoms. The number of halogens is 3. The predicted octanol–water partition coefficient (Wildman–Crippen LogP) is 4.29. The Kier molecular flexibility index (Phi) is 5.40. The van der Waals surface area contributed by atoms with Crippen molar-refractivity contribution in [2.45, 2.75) is 64.0 Å². The van der Waals surface area contributed by atoms with E-state index in [2.05, 4.69) is 18.7 Å². The molecule has 3 atom stereocenters. The summed E-state index contributed by atoms with van der Waals surface area (Å²) < 4.78 is 44.8. The molecule has 4 rings (SSSR count). The van der Waals surface area contributed by atoms with Gasteiger partial charge in [0.25, 0.3) is 0 Å². The third kappa shape index (κ3) is 3.79. The summed E-state index contributed by atoms with van der Waals surface area (Å²) in [6.07, 6.45) is -1.21. The zero-order valence-corrected chi connectivity index (χ0v) is 17.0. The van der Waals surface area contributed by atoms with Crippen LogP contribution in [0.2, 0.25) is 0 Å². The van der Waals surface area contributed by atoms with Crippen molar-refractivity contribution in [2.24, 2.45) is 11.8 Å². The van der Waals surface area contributed by atoms with E-state index in [4.69, 9.17) is 4.74 Å². The van der Waals surface area contributed by atoms with E-state index in [9.17, 15) is 18.0 Å². The first-order valence-corrected chi connectivity index (χ1v) is 10.6. The maximum Gasteiger partial charge on any atom is 0.416 e. The number of benzene rings is 1. The van der Waals surface area contributed by atoms with Gasteiger partial charge in [0, 0.05) is 25.4 Å². The van der Waals surface area contributed by atoms with Crippen molar-refractivity contribution < 1.29 is 22.7 Å². The van der Waals surface area contributed by atoms with Gasteiger partial charge in [-0.15, -0.1) is 0 Å². The Morgan fingerprint density at radius 2 is 1.97 bits per heavy atom. The molecule has 0 N–H and O–H groups in total. The van der Waals surface area contributed by atoms with Crippen molar-refractivity contribution in [2.75, 3.05) is 19.7 Å². The Morgan fingerprint density at radius 1 is 1.24 bits per heavy atom. The van der Waals surface area contributed by atoms with E-state index in [0.29, 0.717) is 25.5 Å². The maximum absolute atomic E-state index is 12.8.